The number of sulfonamides is 1. The molecule has 0 aliphatic rings. The highest BCUT2D eigenvalue weighted by Gasteiger charge is 2.13. The van der Waals surface area contributed by atoms with Gasteiger partial charge < -0.3 is 10.5 Å². The lowest BCUT2D eigenvalue weighted by Crippen LogP contribution is -2.16. The molecule has 5 nitrogen and oxygen atoms in total. The maximum atomic E-state index is 12.1. The average molecular weight is 292 g/mol. The van der Waals surface area contributed by atoms with E-state index in [1.807, 2.05) is 6.07 Å². The number of nitrogen functional groups attached to an aromatic ring is 1. The summed E-state index contributed by atoms with van der Waals surface area (Å²) in [4.78, 5) is 0. The van der Waals surface area contributed by atoms with Crippen LogP contribution in [0.4, 0.5) is 11.4 Å². The van der Waals surface area contributed by atoms with E-state index in [4.69, 9.17) is 10.5 Å². The van der Waals surface area contributed by atoms with Crippen LogP contribution in [0.1, 0.15) is 5.56 Å². The van der Waals surface area contributed by atoms with E-state index in [0.717, 1.165) is 0 Å². The third-order valence-electron chi connectivity index (χ3n) is 2.73. The molecule has 0 unspecified atom stereocenters. The predicted octanol–water partition coefficient (Wildman–Crippen LogP) is 2.22. The number of methoxy groups -OCH3 is 1. The van der Waals surface area contributed by atoms with Gasteiger partial charge in [-0.05, 0) is 17.7 Å². The molecule has 2 aromatic carbocycles. The largest absolute Gasteiger partial charge is 0.497 e. The molecular weight excluding hydrogens is 276 g/mol. The minimum atomic E-state index is -3.52. The van der Waals surface area contributed by atoms with Crippen LogP contribution in [0.25, 0.3) is 0 Å². The van der Waals surface area contributed by atoms with E-state index in [1.165, 1.54) is 7.11 Å². The number of hydrogen-bond acceptors (Lipinski definition) is 4. The van der Waals surface area contributed by atoms with E-state index in [-0.39, 0.29) is 5.75 Å². The topological polar surface area (TPSA) is 81.4 Å². The number of nitrogens with two attached hydrogens (primary N) is 1. The summed E-state index contributed by atoms with van der Waals surface area (Å²) in [6.45, 7) is 0. The van der Waals surface area contributed by atoms with Crippen LogP contribution in [0.15, 0.2) is 48.5 Å². The number of ether oxygens (including phenoxy) is 1. The fourth-order valence-electron chi connectivity index (χ4n) is 1.75. The monoisotopic (exact) mass is 292 g/mol. The van der Waals surface area contributed by atoms with E-state index in [9.17, 15) is 8.42 Å². The van der Waals surface area contributed by atoms with Gasteiger partial charge in [-0.3, -0.25) is 4.72 Å². The molecule has 3 N–H and O–H groups in total. The van der Waals surface area contributed by atoms with Crippen LogP contribution in [0.2, 0.25) is 0 Å². The molecule has 2 aromatic rings. The van der Waals surface area contributed by atoms with Crippen molar-refractivity contribution in [3.63, 3.8) is 0 Å². The Kier molecular flexibility index (Phi) is 4.14. The van der Waals surface area contributed by atoms with Crippen LogP contribution in [0.3, 0.4) is 0 Å². The first-order valence-corrected chi connectivity index (χ1v) is 7.63. The van der Waals surface area contributed by atoms with Crippen LogP contribution >= 0.6 is 0 Å². The Morgan fingerprint density at radius 3 is 2.50 bits per heavy atom. The maximum absolute atomic E-state index is 12.1. The molecule has 0 bridgehead atoms. The normalized spacial score (nSPS) is 11.1. The first kappa shape index (κ1) is 14.2. The van der Waals surface area contributed by atoms with Crippen LogP contribution in [0, 0.1) is 0 Å². The summed E-state index contributed by atoms with van der Waals surface area (Å²) in [5, 5.41) is 0. The molecule has 0 saturated carbocycles. The van der Waals surface area contributed by atoms with Gasteiger partial charge in [0, 0.05) is 6.07 Å². The second-order valence-corrected chi connectivity index (χ2v) is 6.02. The van der Waals surface area contributed by atoms with Crippen molar-refractivity contribution in [1.29, 1.82) is 0 Å². The average Bonchev–Trinajstić information content (AvgIpc) is 2.41. The molecule has 0 spiro atoms. The van der Waals surface area contributed by atoms with Gasteiger partial charge in [-0.15, -0.1) is 0 Å². The van der Waals surface area contributed by atoms with E-state index in [2.05, 4.69) is 4.72 Å². The van der Waals surface area contributed by atoms with Gasteiger partial charge in [-0.1, -0.05) is 30.3 Å². The Bertz CT molecular complexity index is 685. The van der Waals surface area contributed by atoms with Crippen LogP contribution < -0.4 is 15.2 Å². The van der Waals surface area contributed by atoms with Gasteiger partial charge in [0.15, 0.2) is 0 Å². The van der Waals surface area contributed by atoms with Crippen molar-refractivity contribution in [2.24, 2.45) is 0 Å². The zero-order chi connectivity index (χ0) is 14.6. The lowest BCUT2D eigenvalue weighted by Gasteiger charge is -2.11. The highest BCUT2D eigenvalue weighted by atomic mass is 32.2. The molecule has 0 aliphatic heterocycles. The zero-order valence-electron chi connectivity index (χ0n) is 11.0. The predicted molar refractivity (Wildman–Crippen MR) is 80.1 cm³/mol. The molecule has 0 radical (unpaired) electrons. The quantitative estimate of drug-likeness (QED) is 0.828. The molecule has 0 atom stereocenters. The molecule has 2 rings (SSSR count). The van der Waals surface area contributed by atoms with Crippen molar-refractivity contribution in [1.82, 2.24) is 0 Å². The van der Waals surface area contributed by atoms with Crippen molar-refractivity contribution in [3.05, 3.63) is 54.1 Å². The first-order chi connectivity index (χ1) is 9.50. The summed E-state index contributed by atoms with van der Waals surface area (Å²) >= 11 is 0. The van der Waals surface area contributed by atoms with Gasteiger partial charge in [0.1, 0.15) is 5.75 Å². The zero-order valence-corrected chi connectivity index (χ0v) is 11.9. The van der Waals surface area contributed by atoms with Gasteiger partial charge in [-0.2, -0.15) is 0 Å². The molecule has 0 fully saturated rings. The van der Waals surface area contributed by atoms with Crippen LogP contribution in [-0.2, 0) is 15.8 Å². The van der Waals surface area contributed by atoms with Crippen molar-refractivity contribution < 1.29 is 13.2 Å². The highest BCUT2D eigenvalue weighted by Crippen LogP contribution is 2.25. The highest BCUT2D eigenvalue weighted by molar-refractivity contribution is 7.91. The van der Waals surface area contributed by atoms with Gasteiger partial charge >= 0.3 is 0 Å². The summed E-state index contributed by atoms with van der Waals surface area (Å²) in [6, 6.07) is 13.8. The smallest absolute Gasteiger partial charge is 0.236 e. The summed E-state index contributed by atoms with van der Waals surface area (Å²) in [5.74, 6) is 0.432. The number of nitrogens with one attached hydrogen (secondary N) is 1. The Labute approximate surface area is 118 Å². The minimum Gasteiger partial charge on any atom is -0.497 e. The van der Waals surface area contributed by atoms with Gasteiger partial charge in [-0.25, -0.2) is 8.42 Å². The SMILES string of the molecule is COc1ccc(N)c(NS(=O)(=O)Cc2ccccc2)c1. The fraction of sp³-hybridized carbons (Fsp3) is 0.143. The lowest BCUT2D eigenvalue weighted by molar-refractivity contribution is 0.415. The molecular formula is C14H16N2O3S. The summed E-state index contributed by atoms with van der Waals surface area (Å²) in [5.41, 5.74) is 7.14. The number of rotatable bonds is 5. The van der Waals surface area contributed by atoms with Crippen LogP contribution in [-0.4, -0.2) is 15.5 Å². The van der Waals surface area contributed by atoms with E-state index < -0.39 is 10.0 Å². The Balaban J connectivity index is 2.20. The van der Waals surface area contributed by atoms with Crippen molar-refractivity contribution >= 4 is 21.4 Å². The molecule has 20 heavy (non-hydrogen) atoms. The second kappa shape index (κ2) is 5.83. The molecule has 6 heteroatoms. The molecule has 0 amide bonds. The molecule has 0 saturated heterocycles. The van der Waals surface area contributed by atoms with E-state index in [0.29, 0.717) is 22.7 Å². The Morgan fingerprint density at radius 1 is 1.15 bits per heavy atom. The Morgan fingerprint density at radius 2 is 1.85 bits per heavy atom. The van der Waals surface area contributed by atoms with Crippen molar-refractivity contribution in [2.75, 3.05) is 17.6 Å². The molecule has 0 heterocycles. The first-order valence-electron chi connectivity index (χ1n) is 5.98. The van der Waals surface area contributed by atoms with E-state index >= 15 is 0 Å². The standard InChI is InChI=1S/C14H16N2O3S/c1-19-12-7-8-13(15)14(9-12)16-20(17,18)10-11-5-3-2-4-6-11/h2-9,16H,10,15H2,1H3. The summed E-state index contributed by atoms with van der Waals surface area (Å²) in [6.07, 6.45) is 0. The van der Waals surface area contributed by atoms with Crippen molar-refractivity contribution in [3.8, 4) is 5.75 Å². The summed E-state index contributed by atoms with van der Waals surface area (Å²) in [7, 11) is -2.01. The molecule has 106 valence electrons. The number of anilines is 2. The number of hydrogen-bond donors (Lipinski definition) is 2. The third kappa shape index (κ3) is 3.64. The molecule has 0 aromatic heterocycles. The van der Waals surface area contributed by atoms with Gasteiger partial charge in [0.05, 0.1) is 24.2 Å². The third-order valence-corrected chi connectivity index (χ3v) is 3.97. The molecule has 0 aliphatic carbocycles. The van der Waals surface area contributed by atoms with Gasteiger partial charge in [0.2, 0.25) is 10.0 Å². The fourth-order valence-corrected chi connectivity index (χ4v) is 2.96. The lowest BCUT2D eigenvalue weighted by atomic mass is 10.2. The van der Waals surface area contributed by atoms with Gasteiger partial charge in [0.25, 0.3) is 0 Å². The maximum Gasteiger partial charge on any atom is 0.236 e. The van der Waals surface area contributed by atoms with Crippen molar-refractivity contribution in [2.45, 2.75) is 5.75 Å². The summed E-state index contributed by atoms with van der Waals surface area (Å²) < 4.78 is 31.8. The van der Waals surface area contributed by atoms with E-state index in [1.54, 1.807) is 42.5 Å². The minimum absolute atomic E-state index is 0.107. The number of benzene rings is 2. The second-order valence-electron chi connectivity index (χ2n) is 4.30. The Hall–Kier alpha value is -2.21. The van der Waals surface area contributed by atoms with Crippen LogP contribution in [0.5, 0.6) is 5.75 Å².